The summed E-state index contributed by atoms with van der Waals surface area (Å²) in [7, 11) is 1.53. The average Bonchev–Trinajstić information content (AvgIpc) is 2.80. The number of aliphatic hydroxyl groups is 1. The molecule has 2 heterocycles. The van der Waals surface area contributed by atoms with Gasteiger partial charge >= 0.3 is 0 Å². The molecule has 5 heteroatoms. The molecule has 1 aromatic rings. The number of fused-ring (bicyclic) bond motifs is 1. The van der Waals surface area contributed by atoms with E-state index in [-0.39, 0.29) is 5.91 Å². The van der Waals surface area contributed by atoms with Crippen LogP contribution in [-0.4, -0.2) is 22.6 Å². The van der Waals surface area contributed by atoms with Gasteiger partial charge in [0.25, 0.3) is 5.91 Å². The predicted octanol–water partition coefficient (Wildman–Crippen LogP) is 1.06. The van der Waals surface area contributed by atoms with E-state index in [1.165, 1.54) is 13.2 Å². The molecule has 1 aromatic heterocycles. The monoisotopic (exact) mass is 223 g/mol. The Labute approximate surface area is 94.8 Å². The molecule has 1 aliphatic rings. The molecule has 0 bridgehead atoms. The highest BCUT2D eigenvalue weighted by molar-refractivity contribution is 5.94. The molecule has 0 saturated carbocycles. The molecule has 0 aliphatic carbocycles. The molecule has 16 heavy (non-hydrogen) atoms. The second-order valence-corrected chi connectivity index (χ2v) is 3.00. The van der Waals surface area contributed by atoms with Gasteiger partial charge < -0.3 is 20.3 Å². The third-order valence-electron chi connectivity index (χ3n) is 2.19. The minimum atomic E-state index is -0.916. The fourth-order valence-electron chi connectivity index (χ4n) is 1.43. The van der Waals surface area contributed by atoms with Crippen molar-refractivity contribution >= 4 is 11.7 Å². The Balaban J connectivity index is 0.000000606. The number of anilines is 1. The van der Waals surface area contributed by atoms with Crippen LogP contribution in [0.15, 0.2) is 30.1 Å². The van der Waals surface area contributed by atoms with Crippen molar-refractivity contribution in [3.63, 3.8) is 0 Å². The van der Waals surface area contributed by atoms with Gasteiger partial charge in [-0.15, -0.1) is 0 Å². The SMILES string of the molecule is CC.CNC(=O)C1=CNc2cccn2C1O. The molecule has 3 N–H and O–H groups in total. The van der Waals surface area contributed by atoms with Gasteiger partial charge in [-0.1, -0.05) is 13.8 Å². The van der Waals surface area contributed by atoms with Crippen LogP contribution < -0.4 is 10.6 Å². The van der Waals surface area contributed by atoms with Gasteiger partial charge in [-0.05, 0) is 12.1 Å². The Kier molecular flexibility index (Phi) is 4.13. The van der Waals surface area contributed by atoms with E-state index in [1.807, 2.05) is 19.9 Å². The molecular weight excluding hydrogens is 206 g/mol. The van der Waals surface area contributed by atoms with Crippen molar-refractivity contribution < 1.29 is 9.90 Å². The van der Waals surface area contributed by atoms with Crippen LogP contribution in [-0.2, 0) is 4.79 Å². The highest BCUT2D eigenvalue weighted by atomic mass is 16.3. The van der Waals surface area contributed by atoms with E-state index in [2.05, 4.69) is 10.6 Å². The molecule has 0 spiro atoms. The standard InChI is InChI=1S/C9H11N3O2.C2H6/c1-10-8(13)6-5-11-7-3-2-4-12(7)9(6)14;1-2/h2-5,9,11,14H,1H3,(H,10,13);1-2H3. The maximum atomic E-state index is 11.3. The van der Waals surface area contributed by atoms with E-state index in [0.717, 1.165) is 5.82 Å². The lowest BCUT2D eigenvalue weighted by atomic mass is 10.2. The quantitative estimate of drug-likeness (QED) is 0.667. The van der Waals surface area contributed by atoms with E-state index in [4.69, 9.17) is 0 Å². The fraction of sp³-hybridized carbons (Fsp3) is 0.364. The lowest BCUT2D eigenvalue weighted by Crippen LogP contribution is -2.29. The number of nitrogens with zero attached hydrogens (tertiary/aromatic N) is 1. The molecule has 1 amide bonds. The van der Waals surface area contributed by atoms with Crippen LogP contribution in [0.3, 0.4) is 0 Å². The van der Waals surface area contributed by atoms with Crippen molar-refractivity contribution in [2.45, 2.75) is 20.1 Å². The first-order valence-electron chi connectivity index (χ1n) is 5.27. The summed E-state index contributed by atoms with van der Waals surface area (Å²) < 4.78 is 1.59. The predicted molar refractivity (Wildman–Crippen MR) is 62.8 cm³/mol. The maximum absolute atomic E-state index is 11.3. The third-order valence-corrected chi connectivity index (χ3v) is 2.19. The van der Waals surface area contributed by atoms with Gasteiger partial charge in [0, 0.05) is 19.4 Å². The first-order valence-corrected chi connectivity index (χ1v) is 5.27. The lowest BCUT2D eigenvalue weighted by molar-refractivity contribution is -0.118. The van der Waals surface area contributed by atoms with E-state index in [0.29, 0.717) is 5.57 Å². The van der Waals surface area contributed by atoms with Crippen LogP contribution in [0.2, 0.25) is 0 Å². The molecular formula is C11H17N3O2. The topological polar surface area (TPSA) is 66.3 Å². The van der Waals surface area contributed by atoms with Gasteiger partial charge in [-0.2, -0.15) is 0 Å². The largest absolute Gasteiger partial charge is 0.369 e. The summed E-state index contributed by atoms with van der Waals surface area (Å²) in [6.07, 6.45) is 2.31. The number of rotatable bonds is 1. The van der Waals surface area contributed by atoms with Crippen molar-refractivity contribution in [3.05, 3.63) is 30.1 Å². The van der Waals surface area contributed by atoms with Gasteiger partial charge in [0.1, 0.15) is 5.82 Å². The van der Waals surface area contributed by atoms with Gasteiger partial charge in [0.15, 0.2) is 6.23 Å². The van der Waals surface area contributed by atoms with Crippen molar-refractivity contribution in [1.82, 2.24) is 9.88 Å². The number of aliphatic hydroxyl groups excluding tert-OH is 1. The van der Waals surface area contributed by atoms with Crippen molar-refractivity contribution in [3.8, 4) is 0 Å². The zero-order valence-electron chi connectivity index (χ0n) is 9.69. The second kappa shape index (κ2) is 5.37. The molecule has 1 unspecified atom stereocenters. The lowest BCUT2D eigenvalue weighted by Gasteiger charge is -2.22. The Morgan fingerprint density at radius 3 is 2.88 bits per heavy atom. The van der Waals surface area contributed by atoms with Crippen LogP contribution in [0.5, 0.6) is 0 Å². The van der Waals surface area contributed by atoms with Crippen LogP contribution in [0, 0.1) is 0 Å². The molecule has 0 fully saturated rings. The molecule has 88 valence electrons. The molecule has 0 radical (unpaired) electrons. The van der Waals surface area contributed by atoms with Crippen LogP contribution in [0.25, 0.3) is 0 Å². The van der Waals surface area contributed by atoms with Gasteiger partial charge in [-0.25, -0.2) is 0 Å². The highest BCUT2D eigenvalue weighted by Gasteiger charge is 2.23. The number of amides is 1. The third kappa shape index (κ3) is 2.09. The Hall–Kier alpha value is -1.75. The first-order chi connectivity index (χ1) is 7.74. The summed E-state index contributed by atoms with van der Waals surface area (Å²) in [6, 6.07) is 3.62. The number of aromatic nitrogens is 1. The van der Waals surface area contributed by atoms with Crippen LogP contribution >= 0.6 is 0 Å². The zero-order chi connectivity index (χ0) is 12.1. The van der Waals surface area contributed by atoms with Crippen LogP contribution in [0.1, 0.15) is 20.1 Å². The molecule has 0 aromatic carbocycles. The average molecular weight is 223 g/mol. The number of carbonyl (C=O) groups is 1. The second-order valence-electron chi connectivity index (χ2n) is 3.00. The number of nitrogens with one attached hydrogen (secondary N) is 2. The van der Waals surface area contributed by atoms with Crippen molar-refractivity contribution in [2.75, 3.05) is 12.4 Å². The van der Waals surface area contributed by atoms with E-state index >= 15 is 0 Å². The minimum absolute atomic E-state index is 0.288. The molecule has 1 aliphatic heterocycles. The summed E-state index contributed by atoms with van der Waals surface area (Å²) in [6.45, 7) is 4.00. The Morgan fingerprint density at radius 1 is 1.56 bits per heavy atom. The van der Waals surface area contributed by atoms with E-state index < -0.39 is 6.23 Å². The highest BCUT2D eigenvalue weighted by Crippen LogP contribution is 2.25. The van der Waals surface area contributed by atoms with Gasteiger partial charge in [-0.3, -0.25) is 4.79 Å². The summed E-state index contributed by atoms with van der Waals surface area (Å²) in [5, 5.41) is 15.2. The number of likely N-dealkylation sites (N-methyl/N-ethyl adjacent to an activating group) is 1. The zero-order valence-corrected chi connectivity index (χ0v) is 9.69. The maximum Gasteiger partial charge on any atom is 0.253 e. The van der Waals surface area contributed by atoms with E-state index in [9.17, 15) is 9.90 Å². The van der Waals surface area contributed by atoms with Crippen LogP contribution in [0.4, 0.5) is 5.82 Å². The van der Waals surface area contributed by atoms with E-state index in [1.54, 1.807) is 16.8 Å². The fourth-order valence-corrected chi connectivity index (χ4v) is 1.43. The Bertz CT molecular complexity index is 396. The van der Waals surface area contributed by atoms with Gasteiger partial charge in [0.2, 0.25) is 0 Å². The normalized spacial score (nSPS) is 17.2. The number of hydrogen-bond acceptors (Lipinski definition) is 3. The van der Waals surface area contributed by atoms with Gasteiger partial charge in [0.05, 0.1) is 5.57 Å². The summed E-state index contributed by atoms with van der Waals surface area (Å²) >= 11 is 0. The summed E-state index contributed by atoms with van der Waals surface area (Å²) in [5.74, 6) is 0.481. The first kappa shape index (κ1) is 12.3. The summed E-state index contributed by atoms with van der Waals surface area (Å²) in [5.41, 5.74) is 0.302. The number of hydrogen-bond donors (Lipinski definition) is 3. The van der Waals surface area contributed by atoms with Crippen molar-refractivity contribution in [1.29, 1.82) is 0 Å². The molecule has 1 atom stereocenters. The number of carbonyl (C=O) groups excluding carboxylic acids is 1. The summed E-state index contributed by atoms with van der Waals surface area (Å²) in [4.78, 5) is 11.3. The molecule has 0 saturated heterocycles. The minimum Gasteiger partial charge on any atom is -0.369 e. The van der Waals surface area contributed by atoms with Crippen molar-refractivity contribution in [2.24, 2.45) is 0 Å². The smallest absolute Gasteiger partial charge is 0.253 e. The molecule has 2 rings (SSSR count). The Morgan fingerprint density at radius 2 is 2.25 bits per heavy atom. The molecule has 5 nitrogen and oxygen atoms in total.